The van der Waals surface area contributed by atoms with Gasteiger partial charge in [0.2, 0.25) is 0 Å². The molecule has 4 heteroatoms. The Morgan fingerprint density at radius 2 is 2.45 bits per heavy atom. The molecule has 0 radical (unpaired) electrons. The molecule has 3 nitrogen and oxygen atoms in total. The predicted molar refractivity (Wildman–Crippen MR) is 44.2 cm³/mol. The zero-order chi connectivity index (χ0) is 7.68. The van der Waals surface area contributed by atoms with Gasteiger partial charge in [-0.25, -0.2) is 0 Å². The molecule has 0 amide bonds. The number of hydrogen-bond donors (Lipinski definition) is 1. The SMILES string of the molecule is Nc1cnoc1-c1cccs1. The third-order valence-electron chi connectivity index (χ3n) is 1.34. The first-order valence-corrected chi connectivity index (χ1v) is 4.00. The molecule has 0 saturated heterocycles. The summed E-state index contributed by atoms with van der Waals surface area (Å²) in [4.78, 5) is 1.01. The second-order valence-electron chi connectivity index (χ2n) is 2.09. The highest BCUT2D eigenvalue weighted by Crippen LogP contribution is 2.28. The van der Waals surface area contributed by atoms with E-state index in [2.05, 4.69) is 5.16 Å². The molecular formula is C7H6N2OS. The molecule has 11 heavy (non-hydrogen) atoms. The summed E-state index contributed by atoms with van der Waals surface area (Å²) in [5.74, 6) is 0.667. The fourth-order valence-electron chi connectivity index (χ4n) is 0.842. The predicted octanol–water partition coefficient (Wildman–Crippen LogP) is 1.99. The number of thiophene rings is 1. The van der Waals surface area contributed by atoms with Crippen molar-refractivity contribution in [3.8, 4) is 10.6 Å². The third kappa shape index (κ3) is 1.01. The van der Waals surface area contributed by atoms with Gasteiger partial charge in [0.25, 0.3) is 0 Å². The first-order chi connectivity index (χ1) is 5.38. The van der Waals surface area contributed by atoms with Crippen LogP contribution in [0.25, 0.3) is 10.6 Å². The van der Waals surface area contributed by atoms with Crippen LogP contribution in [-0.2, 0) is 0 Å². The Balaban J connectivity index is 2.53. The van der Waals surface area contributed by atoms with E-state index in [4.69, 9.17) is 10.3 Å². The van der Waals surface area contributed by atoms with Crippen molar-refractivity contribution in [3.63, 3.8) is 0 Å². The van der Waals surface area contributed by atoms with Crippen LogP contribution in [-0.4, -0.2) is 5.16 Å². The third-order valence-corrected chi connectivity index (χ3v) is 2.21. The number of rotatable bonds is 1. The Kier molecular flexibility index (Phi) is 1.40. The van der Waals surface area contributed by atoms with E-state index >= 15 is 0 Å². The monoisotopic (exact) mass is 166 g/mol. The lowest BCUT2D eigenvalue weighted by Gasteiger charge is -1.88. The van der Waals surface area contributed by atoms with E-state index in [0.29, 0.717) is 11.4 Å². The van der Waals surface area contributed by atoms with Crippen molar-refractivity contribution in [2.24, 2.45) is 0 Å². The van der Waals surface area contributed by atoms with Crippen molar-refractivity contribution in [2.75, 3.05) is 5.73 Å². The molecule has 0 aliphatic carbocycles. The number of aromatic nitrogens is 1. The van der Waals surface area contributed by atoms with Crippen LogP contribution in [0.2, 0.25) is 0 Å². The second-order valence-corrected chi connectivity index (χ2v) is 3.04. The molecule has 56 valence electrons. The smallest absolute Gasteiger partial charge is 0.199 e. The van der Waals surface area contributed by atoms with Crippen LogP contribution >= 0.6 is 11.3 Å². The molecule has 0 aromatic carbocycles. The van der Waals surface area contributed by atoms with Crippen LogP contribution in [0.5, 0.6) is 0 Å². The van der Waals surface area contributed by atoms with Gasteiger partial charge in [-0.2, -0.15) is 0 Å². The highest BCUT2D eigenvalue weighted by Gasteiger charge is 2.07. The van der Waals surface area contributed by atoms with Gasteiger partial charge in [0.05, 0.1) is 11.1 Å². The average molecular weight is 166 g/mol. The minimum Gasteiger partial charge on any atom is -0.394 e. The number of anilines is 1. The van der Waals surface area contributed by atoms with Crippen LogP contribution in [0.4, 0.5) is 5.69 Å². The maximum absolute atomic E-state index is 5.58. The van der Waals surface area contributed by atoms with Gasteiger partial charge in [0.15, 0.2) is 5.76 Å². The number of nitrogens with two attached hydrogens (primary N) is 1. The van der Waals surface area contributed by atoms with Gasteiger partial charge in [-0.3, -0.25) is 0 Å². The van der Waals surface area contributed by atoms with Gasteiger partial charge < -0.3 is 10.3 Å². The molecule has 0 atom stereocenters. The van der Waals surface area contributed by atoms with Crippen molar-refractivity contribution in [1.29, 1.82) is 0 Å². The van der Waals surface area contributed by atoms with Gasteiger partial charge in [-0.15, -0.1) is 11.3 Å². The lowest BCUT2D eigenvalue weighted by molar-refractivity contribution is 0.433. The van der Waals surface area contributed by atoms with Crippen molar-refractivity contribution in [2.45, 2.75) is 0 Å². The van der Waals surface area contributed by atoms with Crippen LogP contribution in [0.1, 0.15) is 0 Å². The van der Waals surface area contributed by atoms with Crippen LogP contribution in [0, 0.1) is 0 Å². The Morgan fingerprint density at radius 3 is 3.00 bits per heavy atom. The van der Waals surface area contributed by atoms with Crippen LogP contribution in [0.15, 0.2) is 28.2 Å². The summed E-state index contributed by atoms with van der Waals surface area (Å²) >= 11 is 1.58. The summed E-state index contributed by atoms with van der Waals surface area (Å²) in [6.07, 6.45) is 1.51. The first-order valence-electron chi connectivity index (χ1n) is 3.12. The fourth-order valence-corrected chi connectivity index (χ4v) is 1.57. The Hall–Kier alpha value is -1.29. The average Bonchev–Trinajstić information content (AvgIpc) is 2.55. The Bertz CT molecular complexity index is 339. The highest BCUT2D eigenvalue weighted by molar-refractivity contribution is 7.13. The van der Waals surface area contributed by atoms with Crippen LogP contribution < -0.4 is 5.73 Å². The molecule has 2 rings (SSSR count). The molecule has 0 saturated carbocycles. The van der Waals surface area contributed by atoms with E-state index in [0.717, 1.165) is 4.88 Å². The van der Waals surface area contributed by atoms with Gasteiger partial charge in [0.1, 0.15) is 5.69 Å². The lowest BCUT2D eigenvalue weighted by Crippen LogP contribution is -1.81. The molecule has 0 unspecified atom stereocenters. The first kappa shape index (κ1) is 6.42. The van der Waals surface area contributed by atoms with Crippen molar-refractivity contribution < 1.29 is 4.52 Å². The quantitative estimate of drug-likeness (QED) is 0.704. The molecule has 0 fully saturated rings. The van der Waals surface area contributed by atoms with Gasteiger partial charge in [-0.1, -0.05) is 11.2 Å². The van der Waals surface area contributed by atoms with E-state index < -0.39 is 0 Å². The highest BCUT2D eigenvalue weighted by atomic mass is 32.1. The minimum absolute atomic E-state index is 0.590. The maximum atomic E-state index is 5.58. The Labute approximate surface area is 67.4 Å². The summed E-state index contributed by atoms with van der Waals surface area (Å²) in [5, 5.41) is 5.55. The van der Waals surface area contributed by atoms with Crippen molar-refractivity contribution in [1.82, 2.24) is 5.16 Å². The normalized spacial score (nSPS) is 10.2. The van der Waals surface area contributed by atoms with Gasteiger partial charge in [0, 0.05) is 0 Å². The van der Waals surface area contributed by atoms with Gasteiger partial charge in [-0.05, 0) is 11.4 Å². The largest absolute Gasteiger partial charge is 0.394 e. The number of nitrogen functional groups attached to an aromatic ring is 1. The molecule has 0 aliphatic heterocycles. The summed E-state index contributed by atoms with van der Waals surface area (Å²) in [5.41, 5.74) is 6.17. The molecule has 0 aliphatic rings. The summed E-state index contributed by atoms with van der Waals surface area (Å²) in [7, 11) is 0. The summed E-state index contributed by atoms with van der Waals surface area (Å²) < 4.78 is 4.94. The lowest BCUT2D eigenvalue weighted by atomic mass is 10.3. The van der Waals surface area contributed by atoms with E-state index in [1.807, 2.05) is 17.5 Å². The number of nitrogens with zero attached hydrogens (tertiary/aromatic N) is 1. The standard InChI is InChI=1S/C7H6N2OS/c8-5-4-9-10-7(5)6-2-1-3-11-6/h1-4H,8H2. The van der Waals surface area contributed by atoms with E-state index in [1.54, 1.807) is 11.3 Å². The summed E-state index contributed by atoms with van der Waals surface area (Å²) in [6, 6.07) is 3.89. The molecule has 0 bridgehead atoms. The van der Waals surface area contributed by atoms with Crippen LogP contribution in [0.3, 0.4) is 0 Å². The van der Waals surface area contributed by atoms with E-state index in [-0.39, 0.29) is 0 Å². The maximum Gasteiger partial charge on any atom is 0.199 e. The van der Waals surface area contributed by atoms with Gasteiger partial charge >= 0.3 is 0 Å². The van der Waals surface area contributed by atoms with E-state index in [9.17, 15) is 0 Å². The Morgan fingerprint density at radius 1 is 1.55 bits per heavy atom. The zero-order valence-corrected chi connectivity index (χ0v) is 6.47. The number of hydrogen-bond acceptors (Lipinski definition) is 4. The van der Waals surface area contributed by atoms with Crippen molar-refractivity contribution in [3.05, 3.63) is 23.7 Å². The molecule has 0 spiro atoms. The molecule has 2 aromatic heterocycles. The fraction of sp³-hybridized carbons (Fsp3) is 0. The topological polar surface area (TPSA) is 52.0 Å². The van der Waals surface area contributed by atoms with E-state index in [1.165, 1.54) is 6.20 Å². The molecule has 2 N–H and O–H groups in total. The molecule has 2 aromatic rings. The molecular weight excluding hydrogens is 160 g/mol. The second kappa shape index (κ2) is 2.39. The zero-order valence-electron chi connectivity index (χ0n) is 5.65. The summed E-state index contributed by atoms with van der Waals surface area (Å²) in [6.45, 7) is 0. The molecule has 2 heterocycles. The van der Waals surface area contributed by atoms with Crippen molar-refractivity contribution >= 4 is 17.0 Å². The minimum atomic E-state index is 0.590.